The zero-order valence-electron chi connectivity index (χ0n) is 8.22. The molecule has 2 nitrogen and oxygen atoms in total. The van der Waals surface area contributed by atoms with E-state index in [0.29, 0.717) is 0 Å². The van der Waals surface area contributed by atoms with Gasteiger partial charge in [0.05, 0.1) is 7.11 Å². The van der Waals surface area contributed by atoms with Gasteiger partial charge in [-0.25, -0.2) is 4.79 Å². The van der Waals surface area contributed by atoms with E-state index in [-0.39, 0.29) is 5.97 Å². The third kappa shape index (κ3) is 4.16. The number of hydrogen-bond donors (Lipinski definition) is 0. The highest BCUT2D eigenvalue weighted by atomic mass is 16.5. The molecule has 0 saturated heterocycles. The van der Waals surface area contributed by atoms with Gasteiger partial charge in [-0.1, -0.05) is 32.8 Å². The van der Waals surface area contributed by atoms with Crippen LogP contribution in [0.25, 0.3) is 0 Å². The number of carbonyl (C=O) groups is 1. The normalized spacial score (nSPS) is 11.4. The summed E-state index contributed by atoms with van der Waals surface area (Å²) in [5.74, 6) is -0.176. The average molecular weight is 170 g/mol. The van der Waals surface area contributed by atoms with Crippen molar-refractivity contribution < 1.29 is 9.53 Å². The third-order valence-corrected chi connectivity index (χ3v) is 1.65. The number of carbonyl (C=O) groups excluding carboxylic acids is 1. The lowest BCUT2D eigenvalue weighted by molar-refractivity contribution is -0.136. The summed E-state index contributed by atoms with van der Waals surface area (Å²) in [5.41, 5.74) is 0.821. The van der Waals surface area contributed by atoms with E-state index < -0.39 is 0 Å². The minimum atomic E-state index is -0.176. The van der Waals surface area contributed by atoms with Gasteiger partial charge < -0.3 is 4.74 Å². The second-order valence-electron chi connectivity index (χ2n) is 2.76. The van der Waals surface area contributed by atoms with Crippen molar-refractivity contribution in [2.75, 3.05) is 7.11 Å². The molecule has 0 saturated carbocycles. The summed E-state index contributed by atoms with van der Waals surface area (Å²) in [6.07, 6.45) is 5.83. The van der Waals surface area contributed by atoms with E-state index in [1.54, 1.807) is 0 Å². The van der Waals surface area contributed by atoms with Crippen LogP contribution in [0.15, 0.2) is 11.6 Å². The lowest BCUT2D eigenvalue weighted by Gasteiger charge is -2.02. The van der Waals surface area contributed by atoms with Crippen molar-refractivity contribution in [2.24, 2.45) is 0 Å². The Morgan fingerprint density at radius 2 is 2.00 bits per heavy atom. The summed E-state index contributed by atoms with van der Waals surface area (Å²) in [5, 5.41) is 0. The molecular weight excluding hydrogens is 152 g/mol. The predicted molar refractivity (Wildman–Crippen MR) is 49.9 cm³/mol. The third-order valence-electron chi connectivity index (χ3n) is 1.65. The molecule has 0 fully saturated rings. The summed E-state index contributed by atoms with van der Waals surface area (Å²) in [6.45, 7) is 4.15. The summed E-state index contributed by atoms with van der Waals surface area (Å²) < 4.78 is 4.65. The van der Waals surface area contributed by atoms with Crippen molar-refractivity contribution in [2.45, 2.75) is 39.5 Å². The molecule has 0 atom stereocenters. The second kappa shape index (κ2) is 6.89. The summed E-state index contributed by atoms with van der Waals surface area (Å²) in [6, 6.07) is 0. The molecule has 0 aliphatic carbocycles. The van der Waals surface area contributed by atoms with E-state index in [4.69, 9.17) is 0 Å². The quantitative estimate of drug-likeness (QED) is 0.468. The number of allylic oxidation sites excluding steroid dienone is 1. The Morgan fingerprint density at radius 1 is 1.33 bits per heavy atom. The highest BCUT2D eigenvalue weighted by Gasteiger charge is 2.06. The Morgan fingerprint density at radius 3 is 2.42 bits per heavy atom. The molecule has 2 heteroatoms. The smallest absolute Gasteiger partial charge is 0.333 e. The van der Waals surface area contributed by atoms with Crippen molar-refractivity contribution in [3.05, 3.63) is 11.6 Å². The molecule has 0 N–H and O–H groups in total. The van der Waals surface area contributed by atoms with Gasteiger partial charge in [0.2, 0.25) is 0 Å². The van der Waals surface area contributed by atoms with Crippen LogP contribution < -0.4 is 0 Å². The molecule has 70 valence electrons. The largest absolute Gasteiger partial charge is 0.466 e. The van der Waals surface area contributed by atoms with Crippen LogP contribution in [0, 0.1) is 0 Å². The van der Waals surface area contributed by atoms with Crippen LogP contribution in [0.4, 0.5) is 0 Å². The van der Waals surface area contributed by atoms with Crippen molar-refractivity contribution in [3.63, 3.8) is 0 Å². The molecule has 12 heavy (non-hydrogen) atoms. The fourth-order valence-corrected chi connectivity index (χ4v) is 1.01. The van der Waals surface area contributed by atoms with Crippen molar-refractivity contribution >= 4 is 5.97 Å². The fraction of sp³-hybridized carbons (Fsp3) is 0.700. The minimum Gasteiger partial charge on any atom is -0.466 e. The maximum atomic E-state index is 11.1. The van der Waals surface area contributed by atoms with Gasteiger partial charge in [0.1, 0.15) is 0 Å². The van der Waals surface area contributed by atoms with Gasteiger partial charge in [-0.3, -0.25) is 0 Å². The SMILES string of the molecule is CCC/C=C(/CCC)C(=O)OC. The maximum absolute atomic E-state index is 11.1. The van der Waals surface area contributed by atoms with E-state index >= 15 is 0 Å². The van der Waals surface area contributed by atoms with Gasteiger partial charge in [-0.2, -0.15) is 0 Å². The van der Waals surface area contributed by atoms with E-state index in [9.17, 15) is 4.79 Å². The molecule has 0 aliphatic heterocycles. The molecule has 0 amide bonds. The van der Waals surface area contributed by atoms with E-state index in [0.717, 1.165) is 31.3 Å². The molecule has 0 aromatic heterocycles. The van der Waals surface area contributed by atoms with E-state index in [2.05, 4.69) is 18.6 Å². The Hall–Kier alpha value is -0.790. The molecule has 0 aromatic rings. The van der Waals surface area contributed by atoms with Crippen LogP contribution in [-0.4, -0.2) is 13.1 Å². The molecular formula is C10H18O2. The molecule has 0 aliphatic rings. The summed E-state index contributed by atoms with van der Waals surface area (Å²) in [7, 11) is 1.43. The van der Waals surface area contributed by atoms with Crippen molar-refractivity contribution in [3.8, 4) is 0 Å². The molecule has 0 aromatic carbocycles. The number of rotatable bonds is 5. The van der Waals surface area contributed by atoms with Crippen molar-refractivity contribution in [1.82, 2.24) is 0 Å². The van der Waals surface area contributed by atoms with Crippen LogP contribution in [-0.2, 0) is 9.53 Å². The molecule has 0 heterocycles. The molecule has 0 spiro atoms. The predicted octanol–water partition coefficient (Wildman–Crippen LogP) is 2.69. The molecule has 0 bridgehead atoms. The van der Waals surface area contributed by atoms with E-state index in [1.807, 2.05) is 6.08 Å². The van der Waals surface area contributed by atoms with Crippen LogP contribution in [0.2, 0.25) is 0 Å². The topological polar surface area (TPSA) is 26.3 Å². The van der Waals surface area contributed by atoms with Crippen LogP contribution >= 0.6 is 0 Å². The van der Waals surface area contributed by atoms with Gasteiger partial charge in [0.25, 0.3) is 0 Å². The molecule has 0 unspecified atom stereocenters. The zero-order valence-corrected chi connectivity index (χ0v) is 8.22. The Kier molecular flexibility index (Phi) is 6.44. The number of esters is 1. The molecule has 0 radical (unpaired) electrons. The first-order valence-corrected chi connectivity index (χ1v) is 4.53. The van der Waals surface area contributed by atoms with Crippen LogP contribution in [0.3, 0.4) is 0 Å². The zero-order chi connectivity index (χ0) is 9.40. The fourth-order valence-electron chi connectivity index (χ4n) is 1.01. The van der Waals surface area contributed by atoms with E-state index in [1.165, 1.54) is 7.11 Å². The monoisotopic (exact) mass is 170 g/mol. The Balaban J connectivity index is 4.11. The number of unbranched alkanes of at least 4 members (excludes halogenated alkanes) is 1. The lowest BCUT2D eigenvalue weighted by atomic mass is 10.1. The van der Waals surface area contributed by atoms with Gasteiger partial charge >= 0.3 is 5.97 Å². The van der Waals surface area contributed by atoms with Gasteiger partial charge in [0.15, 0.2) is 0 Å². The van der Waals surface area contributed by atoms with Crippen LogP contribution in [0.5, 0.6) is 0 Å². The number of methoxy groups -OCH3 is 1. The Bertz CT molecular complexity index is 159. The average Bonchev–Trinajstić information content (AvgIpc) is 2.11. The number of ether oxygens (including phenoxy) is 1. The van der Waals surface area contributed by atoms with Gasteiger partial charge in [-0.15, -0.1) is 0 Å². The minimum absolute atomic E-state index is 0.176. The van der Waals surface area contributed by atoms with Gasteiger partial charge in [-0.05, 0) is 12.8 Å². The highest BCUT2D eigenvalue weighted by Crippen LogP contribution is 2.08. The van der Waals surface area contributed by atoms with Crippen LogP contribution in [0.1, 0.15) is 39.5 Å². The second-order valence-corrected chi connectivity index (χ2v) is 2.76. The first kappa shape index (κ1) is 11.2. The first-order chi connectivity index (χ1) is 5.76. The maximum Gasteiger partial charge on any atom is 0.333 e. The summed E-state index contributed by atoms with van der Waals surface area (Å²) in [4.78, 5) is 11.1. The number of hydrogen-bond acceptors (Lipinski definition) is 2. The standard InChI is InChI=1S/C10H18O2/c1-4-6-8-9(7-5-2)10(11)12-3/h8H,4-7H2,1-3H3/b9-8-. The summed E-state index contributed by atoms with van der Waals surface area (Å²) >= 11 is 0. The Labute approximate surface area is 74.6 Å². The van der Waals surface area contributed by atoms with Crippen molar-refractivity contribution in [1.29, 1.82) is 0 Å². The molecule has 0 rings (SSSR count). The van der Waals surface area contributed by atoms with Gasteiger partial charge in [0, 0.05) is 5.57 Å². The highest BCUT2D eigenvalue weighted by molar-refractivity contribution is 5.88. The first-order valence-electron chi connectivity index (χ1n) is 4.53. The lowest BCUT2D eigenvalue weighted by Crippen LogP contribution is -2.04.